The molecule has 0 aromatic carbocycles. The van der Waals surface area contributed by atoms with Crippen LogP contribution in [0.5, 0.6) is 0 Å². The van der Waals surface area contributed by atoms with Gasteiger partial charge in [0.25, 0.3) is 0 Å². The number of hydrogen-bond acceptors (Lipinski definition) is 4. The van der Waals surface area contributed by atoms with Crippen LogP contribution in [0.15, 0.2) is 29.6 Å². The van der Waals surface area contributed by atoms with Crippen LogP contribution in [0.2, 0.25) is 0 Å². The fourth-order valence-electron chi connectivity index (χ4n) is 2.88. The van der Waals surface area contributed by atoms with Gasteiger partial charge in [-0.25, -0.2) is 4.98 Å². The Hall–Kier alpha value is -2.37. The third-order valence-corrected chi connectivity index (χ3v) is 3.86. The molecular formula is C15H19N5O. The molecule has 1 amide bonds. The van der Waals surface area contributed by atoms with Gasteiger partial charge in [-0.2, -0.15) is 0 Å². The van der Waals surface area contributed by atoms with Crippen LogP contribution in [0.25, 0.3) is 5.52 Å². The summed E-state index contributed by atoms with van der Waals surface area (Å²) in [5, 5.41) is 2.99. The second-order valence-electron chi connectivity index (χ2n) is 5.39. The van der Waals surface area contributed by atoms with Gasteiger partial charge >= 0.3 is 0 Å². The molecule has 3 rings (SSSR count). The van der Waals surface area contributed by atoms with Crippen LogP contribution in [0.4, 0.5) is 5.82 Å². The van der Waals surface area contributed by atoms with Crippen molar-refractivity contribution in [3.05, 3.63) is 30.2 Å². The van der Waals surface area contributed by atoms with Gasteiger partial charge in [-0.1, -0.05) is 0 Å². The third kappa shape index (κ3) is 2.61. The van der Waals surface area contributed by atoms with Gasteiger partial charge in [0.15, 0.2) is 5.82 Å². The molecule has 1 fully saturated rings. The molecule has 1 aliphatic heterocycles. The highest BCUT2D eigenvalue weighted by Crippen LogP contribution is 2.26. The highest BCUT2D eigenvalue weighted by Gasteiger charge is 2.26. The zero-order chi connectivity index (χ0) is 14.8. The quantitative estimate of drug-likeness (QED) is 0.854. The van der Waals surface area contributed by atoms with Crippen LogP contribution < -0.4 is 10.2 Å². The Bertz CT molecular complexity index is 678. The molecule has 1 unspecified atom stereocenters. The summed E-state index contributed by atoms with van der Waals surface area (Å²) in [5.74, 6) is 0.917. The molecule has 0 radical (unpaired) electrons. The molecule has 3 heterocycles. The number of aryl methyl sites for hydroxylation is 1. The lowest BCUT2D eigenvalue weighted by Crippen LogP contribution is -2.38. The Labute approximate surface area is 123 Å². The number of carbonyl (C=O) groups excluding carboxylic acids is 1. The minimum Gasteiger partial charge on any atom is -0.353 e. The molecule has 0 aliphatic carbocycles. The normalized spacial score (nSPS) is 18.1. The van der Waals surface area contributed by atoms with Gasteiger partial charge in [0.1, 0.15) is 6.54 Å². The van der Waals surface area contributed by atoms with E-state index in [4.69, 9.17) is 0 Å². The summed E-state index contributed by atoms with van der Waals surface area (Å²) in [6, 6.07) is 2.24. The summed E-state index contributed by atoms with van der Waals surface area (Å²) in [5.41, 5.74) is 2.35. The predicted molar refractivity (Wildman–Crippen MR) is 83.1 cm³/mol. The van der Waals surface area contributed by atoms with Crippen molar-refractivity contribution in [2.75, 3.05) is 24.5 Å². The predicted octanol–water partition coefficient (Wildman–Crippen LogP) is 1.04. The van der Waals surface area contributed by atoms with E-state index in [1.807, 2.05) is 18.6 Å². The first kappa shape index (κ1) is 13.6. The summed E-state index contributed by atoms with van der Waals surface area (Å²) < 4.78 is 2.09. The molecule has 1 aliphatic rings. The number of hydrogen-bond donors (Lipinski definition) is 1. The van der Waals surface area contributed by atoms with Crippen molar-refractivity contribution in [1.29, 1.82) is 0 Å². The fourth-order valence-corrected chi connectivity index (χ4v) is 2.88. The summed E-state index contributed by atoms with van der Waals surface area (Å²) in [4.78, 5) is 22.0. The van der Waals surface area contributed by atoms with Crippen LogP contribution in [-0.2, 0) is 4.79 Å². The molecule has 2 aromatic rings. The minimum atomic E-state index is -0.0677. The molecule has 0 saturated carbocycles. The number of anilines is 1. The number of aromatic nitrogens is 2. The number of fused-ring (bicyclic) bond motifs is 1. The molecule has 0 bridgehead atoms. The highest BCUT2D eigenvalue weighted by atomic mass is 16.1. The summed E-state index contributed by atoms with van der Waals surface area (Å²) in [6.07, 6.45) is 6.73. The van der Waals surface area contributed by atoms with Gasteiger partial charge < -0.3 is 14.6 Å². The van der Waals surface area contributed by atoms with Gasteiger partial charge in [0, 0.05) is 37.7 Å². The molecule has 6 nitrogen and oxygen atoms in total. The summed E-state index contributed by atoms with van der Waals surface area (Å²) >= 11 is 0. The Morgan fingerprint density at radius 2 is 2.43 bits per heavy atom. The standard InChI is InChI=1S/C15H19N5O/c1-11-3-6-19-8-5-17-15(14(11)19)20-7-4-12(10-20)18-13(21)9-16-2/h3,5-6,8,12H,2,4,7,9-10H2,1H3,(H,18,21). The SMILES string of the molecule is C=NCC(=O)NC1CCN(c2nccn3ccc(C)c23)C1. The lowest BCUT2D eigenvalue weighted by molar-refractivity contribution is -0.120. The van der Waals surface area contributed by atoms with E-state index < -0.39 is 0 Å². The molecule has 110 valence electrons. The van der Waals surface area contributed by atoms with Crippen molar-refractivity contribution in [1.82, 2.24) is 14.7 Å². The van der Waals surface area contributed by atoms with Crippen LogP contribution in [0.1, 0.15) is 12.0 Å². The van der Waals surface area contributed by atoms with Crippen molar-refractivity contribution in [2.45, 2.75) is 19.4 Å². The zero-order valence-electron chi connectivity index (χ0n) is 12.1. The van der Waals surface area contributed by atoms with E-state index in [0.717, 1.165) is 30.8 Å². The second-order valence-corrected chi connectivity index (χ2v) is 5.39. The maximum absolute atomic E-state index is 11.6. The number of aliphatic imine (C=N–C) groups is 1. The topological polar surface area (TPSA) is 62.0 Å². The molecule has 6 heteroatoms. The molecule has 21 heavy (non-hydrogen) atoms. The summed E-state index contributed by atoms with van der Waals surface area (Å²) in [6.45, 7) is 7.23. The van der Waals surface area contributed by atoms with Crippen LogP contribution in [0, 0.1) is 6.92 Å². The Morgan fingerprint density at radius 1 is 1.57 bits per heavy atom. The number of amides is 1. The average molecular weight is 285 g/mol. The van der Waals surface area contributed by atoms with Gasteiger partial charge in [-0.3, -0.25) is 9.79 Å². The van der Waals surface area contributed by atoms with Crippen LogP contribution >= 0.6 is 0 Å². The maximum Gasteiger partial charge on any atom is 0.241 e. The molecular weight excluding hydrogens is 266 g/mol. The van der Waals surface area contributed by atoms with E-state index in [1.165, 1.54) is 5.56 Å². The van der Waals surface area contributed by atoms with Gasteiger partial charge in [-0.15, -0.1) is 0 Å². The maximum atomic E-state index is 11.6. The monoisotopic (exact) mass is 285 g/mol. The summed E-state index contributed by atoms with van der Waals surface area (Å²) in [7, 11) is 0. The smallest absolute Gasteiger partial charge is 0.241 e. The molecule has 2 aromatic heterocycles. The lowest BCUT2D eigenvalue weighted by atomic mass is 10.2. The van der Waals surface area contributed by atoms with Crippen molar-refractivity contribution in [3.63, 3.8) is 0 Å². The van der Waals surface area contributed by atoms with E-state index in [-0.39, 0.29) is 18.5 Å². The second kappa shape index (κ2) is 5.55. The average Bonchev–Trinajstić information content (AvgIpc) is 3.07. The van der Waals surface area contributed by atoms with E-state index in [9.17, 15) is 4.79 Å². The zero-order valence-corrected chi connectivity index (χ0v) is 12.1. The molecule has 1 saturated heterocycles. The number of rotatable bonds is 4. The number of carbonyl (C=O) groups is 1. The van der Waals surface area contributed by atoms with Crippen molar-refractivity contribution in [2.24, 2.45) is 4.99 Å². The minimum absolute atomic E-state index is 0.0677. The Balaban J connectivity index is 1.77. The van der Waals surface area contributed by atoms with Crippen LogP contribution in [0.3, 0.4) is 0 Å². The first-order chi connectivity index (χ1) is 10.2. The molecule has 0 spiro atoms. The molecule has 1 N–H and O–H groups in total. The van der Waals surface area contributed by atoms with E-state index in [2.05, 4.69) is 44.3 Å². The number of nitrogens with one attached hydrogen (secondary N) is 1. The van der Waals surface area contributed by atoms with E-state index >= 15 is 0 Å². The van der Waals surface area contributed by atoms with Gasteiger partial charge in [0.2, 0.25) is 5.91 Å². The van der Waals surface area contributed by atoms with Gasteiger partial charge in [0.05, 0.1) is 5.52 Å². The van der Waals surface area contributed by atoms with Crippen molar-refractivity contribution < 1.29 is 4.79 Å². The highest BCUT2D eigenvalue weighted by molar-refractivity contribution is 5.79. The van der Waals surface area contributed by atoms with E-state index in [0.29, 0.717) is 0 Å². The molecule has 1 atom stereocenters. The third-order valence-electron chi connectivity index (χ3n) is 3.86. The van der Waals surface area contributed by atoms with Crippen molar-refractivity contribution >= 4 is 24.0 Å². The fraction of sp³-hybridized carbons (Fsp3) is 0.400. The van der Waals surface area contributed by atoms with Gasteiger partial charge in [-0.05, 0) is 31.7 Å². The van der Waals surface area contributed by atoms with E-state index in [1.54, 1.807) is 0 Å². The Kier molecular flexibility index (Phi) is 3.60. The first-order valence-corrected chi connectivity index (χ1v) is 7.08. The first-order valence-electron chi connectivity index (χ1n) is 7.08. The number of nitrogens with zero attached hydrogens (tertiary/aromatic N) is 4. The van der Waals surface area contributed by atoms with Crippen molar-refractivity contribution in [3.8, 4) is 0 Å². The van der Waals surface area contributed by atoms with Crippen LogP contribution in [-0.4, -0.2) is 47.7 Å². The lowest BCUT2D eigenvalue weighted by Gasteiger charge is -2.19. The largest absolute Gasteiger partial charge is 0.353 e. The Morgan fingerprint density at radius 3 is 3.24 bits per heavy atom.